The van der Waals surface area contributed by atoms with Gasteiger partial charge < -0.3 is 15.8 Å². The second kappa shape index (κ2) is 6.06. The third kappa shape index (κ3) is 3.06. The van der Waals surface area contributed by atoms with E-state index in [4.69, 9.17) is 10.9 Å². The van der Waals surface area contributed by atoms with Gasteiger partial charge in [0.15, 0.2) is 5.84 Å². The first kappa shape index (κ1) is 13.9. The maximum absolute atomic E-state index is 12.9. The SMILES string of the molecule is CN(Cc1ccccc1C(N)=NO)c1ccc(F)cc1. The second-order valence-corrected chi connectivity index (χ2v) is 4.47. The molecule has 0 spiro atoms. The quantitative estimate of drug-likeness (QED) is 0.389. The fraction of sp³-hybridized carbons (Fsp3) is 0.133. The Labute approximate surface area is 116 Å². The van der Waals surface area contributed by atoms with Gasteiger partial charge in [-0.25, -0.2) is 4.39 Å². The molecule has 0 heterocycles. The summed E-state index contributed by atoms with van der Waals surface area (Å²) in [6, 6.07) is 13.7. The van der Waals surface area contributed by atoms with Crippen molar-refractivity contribution in [2.24, 2.45) is 10.9 Å². The Kier molecular flexibility index (Phi) is 4.20. The van der Waals surface area contributed by atoms with Crippen LogP contribution in [-0.4, -0.2) is 18.1 Å². The molecule has 0 radical (unpaired) electrons. The first-order chi connectivity index (χ1) is 9.61. The first-order valence-electron chi connectivity index (χ1n) is 6.14. The third-order valence-corrected chi connectivity index (χ3v) is 3.08. The average molecular weight is 273 g/mol. The molecule has 4 nitrogen and oxygen atoms in total. The van der Waals surface area contributed by atoms with Crippen molar-refractivity contribution in [1.29, 1.82) is 0 Å². The molecule has 104 valence electrons. The van der Waals surface area contributed by atoms with E-state index in [-0.39, 0.29) is 11.7 Å². The van der Waals surface area contributed by atoms with Crippen LogP contribution in [0.5, 0.6) is 0 Å². The Hall–Kier alpha value is -2.56. The van der Waals surface area contributed by atoms with Crippen LogP contribution >= 0.6 is 0 Å². The lowest BCUT2D eigenvalue weighted by molar-refractivity contribution is 0.318. The van der Waals surface area contributed by atoms with Crippen molar-refractivity contribution < 1.29 is 9.60 Å². The predicted molar refractivity (Wildman–Crippen MR) is 77.5 cm³/mol. The Morgan fingerprint density at radius 3 is 2.50 bits per heavy atom. The van der Waals surface area contributed by atoms with E-state index in [1.165, 1.54) is 12.1 Å². The normalized spacial score (nSPS) is 11.4. The zero-order valence-electron chi connectivity index (χ0n) is 11.1. The van der Waals surface area contributed by atoms with E-state index in [1.54, 1.807) is 18.2 Å². The number of oxime groups is 1. The van der Waals surface area contributed by atoms with Crippen LogP contribution < -0.4 is 10.6 Å². The number of benzene rings is 2. The van der Waals surface area contributed by atoms with E-state index in [1.807, 2.05) is 30.1 Å². The number of halogens is 1. The molecule has 2 rings (SSSR count). The maximum atomic E-state index is 12.9. The molecule has 0 unspecified atom stereocenters. The summed E-state index contributed by atoms with van der Waals surface area (Å²) in [5.41, 5.74) is 8.16. The number of rotatable bonds is 4. The summed E-state index contributed by atoms with van der Waals surface area (Å²) in [5.74, 6) is -0.188. The highest BCUT2D eigenvalue weighted by molar-refractivity contribution is 5.98. The Morgan fingerprint density at radius 2 is 1.85 bits per heavy atom. The summed E-state index contributed by atoms with van der Waals surface area (Å²) in [5, 5.41) is 11.8. The highest BCUT2D eigenvalue weighted by Crippen LogP contribution is 2.18. The minimum Gasteiger partial charge on any atom is -0.409 e. The third-order valence-electron chi connectivity index (χ3n) is 3.08. The lowest BCUT2D eigenvalue weighted by Gasteiger charge is -2.20. The summed E-state index contributed by atoms with van der Waals surface area (Å²) < 4.78 is 12.9. The molecular weight excluding hydrogens is 257 g/mol. The van der Waals surface area contributed by atoms with Crippen LogP contribution in [0, 0.1) is 5.82 Å². The monoisotopic (exact) mass is 273 g/mol. The Balaban J connectivity index is 2.24. The molecule has 0 fully saturated rings. The van der Waals surface area contributed by atoms with Crippen LogP contribution in [-0.2, 0) is 6.54 Å². The fourth-order valence-corrected chi connectivity index (χ4v) is 2.00. The van der Waals surface area contributed by atoms with E-state index < -0.39 is 0 Å². The summed E-state index contributed by atoms with van der Waals surface area (Å²) in [6.45, 7) is 0.567. The number of hydrogen-bond acceptors (Lipinski definition) is 3. The molecule has 0 saturated carbocycles. The zero-order chi connectivity index (χ0) is 14.5. The van der Waals surface area contributed by atoms with Gasteiger partial charge in [-0.2, -0.15) is 0 Å². The van der Waals surface area contributed by atoms with Crippen LogP contribution in [0.25, 0.3) is 0 Å². The largest absolute Gasteiger partial charge is 0.409 e. The molecule has 0 aliphatic rings. The van der Waals surface area contributed by atoms with Crippen LogP contribution in [0.4, 0.5) is 10.1 Å². The molecule has 3 N–H and O–H groups in total. The number of amidine groups is 1. The number of nitrogens with two attached hydrogens (primary N) is 1. The number of hydrogen-bond donors (Lipinski definition) is 2. The van der Waals surface area contributed by atoms with E-state index in [0.717, 1.165) is 11.3 Å². The minimum absolute atomic E-state index is 0.0770. The van der Waals surface area contributed by atoms with Crippen molar-refractivity contribution in [3.05, 3.63) is 65.5 Å². The van der Waals surface area contributed by atoms with Gasteiger partial charge in [0, 0.05) is 24.8 Å². The lowest BCUT2D eigenvalue weighted by atomic mass is 10.1. The Bertz CT molecular complexity index is 611. The van der Waals surface area contributed by atoms with Gasteiger partial charge in [0.05, 0.1) is 0 Å². The van der Waals surface area contributed by atoms with E-state index in [0.29, 0.717) is 12.1 Å². The summed E-state index contributed by atoms with van der Waals surface area (Å²) in [4.78, 5) is 1.96. The first-order valence-corrected chi connectivity index (χ1v) is 6.14. The van der Waals surface area contributed by atoms with Crippen LogP contribution in [0.3, 0.4) is 0 Å². The number of anilines is 1. The van der Waals surface area contributed by atoms with E-state index in [2.05, 4.69) is 5.16 Å². The van der Waals surface area contributed by atoms with Gasteiger partial charge in [-0.15, -0.1) is 0 Å². The molecule has 2 aromatic carbocycles. The average Bonchev–Trinajstić information content (AvgIpc) is 2.47. The predicted octanol–water partition coefficient (Wildman–Crippen LogP) is 2.56. The zero-order valence-corrected chi connectivity index (χ0v) is 11.1. The molecule has 0 bridgehead atoms. The van der Waals surface area contributed by atoms with Gasteiger partial charge in [-0.05, 0) is 29.8 Å². The molecule has 0 aliphatic carbocycles. The Morgan fingerprint density at radius 1 is 1.20 bits per heavy atom. The standard InChI is InChI=1S/C15H16FN3O/c1-19(13-8-6-12(16)7-9-13)10-11-4-2-3-5-14(11)15(17)18-20/h2-9,20H,10H2,1H3,(H2,17,18). The summed E-state index contributed by atoms with van der Waals surface area (Å²) >= 11 is 0. The molecule has 0 amide bonds. The maximum Gasteiger partial charge on any atom is 0.170 e. The molecule has 2 aromatic rings. The summed E-state index contributed by atoms with van der Waals surface area (Å²) in [7, 11) is 1.90. The van der Waals surface area contributed by atoms with Crippen molar-refractivity contribution in [2.45, 2.75) is 6.54 Å². The second-order valence-electron chi connectivity index (χ2n) is 4.47. The molecule has 0 saturated heterocycles. The minimum atomic E-state index is -0.265. The van der Waals surface area contributed by atoms with Crippen LogP contribution in [0.15, 0.2) is 53.7 Å². The highest BCUT2D eigenvalue weighted by atomic mass is 19.1. The topological polar surface area (TPSA) is 61.8 Å². The van der Waals surface area contributed by atoms with Crippen LogP contribution in [0.1, 0.15) is 11.1 Å². The lowest BCUT2D eigenvalue weighted by Crippen LogP contribution is -2.21. The van der Waals surface area contributed by atoms with Gasteiger partial charge in [-0.1, -0.05) is 29.4 Å². The molecule has 0 aliphatic heterocycles. The smallest absolute Gasteiger partial charge is 0.170 e. The van der Waals surface area contributed by atoms with E-state index >= 15 is 0 Å². The van der Waals surface area contributed by atoms with Crippen molar-refractivity contribution in [3.8, 4) is 0 Å². The summed E-state index contributed by atoms with van der Waals surface area (Å²) in [6.07, 6.45) is 0. The van der Waals surface area contributed by atoms with Gasteiger partial charge in [0.2, 0.25) is 0 Å². The van der Waals surface area contributed by atoms with Gasteiger partial charge in [0.1, 0.15) is 5.82 Å². The van der Waals surface area contributed by atoms with Gasteiger partial charge in [-0.3, -0.25) is 0 Å². The molecular formula is C15H16FN3O. The molecule has 0 aromatic heterocycles. The van der Waals surface area contributed by atoms with Gasteiger partial charge >= 0.3 is 0 Å². The molecule has 0 atom stereocenters. The van der Waals surface area contributed by atoms with Gasteiger partial charge in [0.25, 0.3) is 0 Å². The molecule has 5 heteroatoms. The number of nitrogens with zero attached hydrogens (tertiary/aromatic N) is 2. The fourth-order valence-electron chi connectivity index (χ4n) is 2.00. The van der Waals surface area contributed by atoms with Crippen molar-refractivity contribution in [1.82, 2.24) is 0 Å². The molecule has 20 heavy (non-hydrogen) atoms. The van der Waals surface area contributed by atoms with Crippen molar-refractivity contribution >= 4 is 11.5 Å². The van der Waals surface area contributed by atoms with Crippen LogP contribution in [0.2, 0.25) is 0 Å². The highest BCUT2D eigenvalue weighted by Gasteiger charge is 2.09. The van der Waals surface area contributed by atoms with Crippen molar-refractivity contribution in [3.63, 3.8) is 0 Å². The van der Waals surface area contributed by atoms with Crippen molar-refractivity contribution in [2.75, 3.05) is 11.9 Å². The van der Waals surface area contributed by atoms with E-state index in [9.17, 15) is 4.39 Å².